The van der Waals surface area contributed by atoms with Crippen molar-refractivity contribution in [3.05, 3.63) is 23.5 Å². The fraction of sp³-hybridized carbons (Fsp3) is 0.643. The van der Waals surface area contributed by atoms with Gasteiger partial charge in [-0.1, -0.05) is 24.9 Å². The third-order valence-electron chi connectivity index (χ3n) is 3.75. The SMILES string of the molecule is CCCCN1CCC(NS(=O)(=O)c2ccnc(Cl)c2)CC1. The van der Waals surface area contributed by atoms with Crippen LogP contribution < -0.4 is 4.72 Å². The molecule has 1 aliphatic heterocycles. The normalized spacial score (nSPS) is 18.0. The quantitative estimate of drug-likeness (QED) is 0.812. The van der Waals surface area contributed by atoms with Gasteiger partial charge in [0, 0.05) is 12.2 Å². The molecule has 118 valence electrons. The zero-order chi connectivity index (χ0) is 15.3. The number of piperidine rings is 1. The standard InChI is InChI=1S/C14H22ClN3O2S/c1-2-3-8-18-9-5-12(6-10-18)17-21(19,20)13-4-7-16-14(15)11-13/h4,7,11-12,17H,2-3,5-6,8-10H2,1H3. The Labute approximate surface area is 131 Å². The largest absolute Gasteiger partial charge is 0.303 e. The summed E-state index contributed by atoms with van der Waals surface area (Å²) in [6.45, 7) is 5.19. The van der Waals surface area contributed by atoms with Crippen molar-refractivity contribution in [2.75, 3.05) is 19.6 Å². The number of halogens is 1. The number of nitrogens with zero attached hydrogens (tertiary/aromatic N) is 2. The van der Waals surface area contributed by atoms with Crippen molar-refractivity contribution in [2.24, 2.45) is 0 Å². The molecule has 0 spiro atoms. The fourth-order valence-electron chi connectivity index (χ4n) is 2.50. The van der Waals surface area contributed by atoms with E-state index in [-0.39, 0.29) is 16.1 Å². The predicted octanol–water partition coefficient (Wildman–Crippen LogP) is 2.28. The lowest BCUT2D eigenvalue weighted by atomic mass is 10.1. The number of nitrogens with one attached hydrogen (secondary N) is 1. The van der Waals surface area contributed by atoms with E-state index in [0.717, 1.165) is 32.5 Å². The highest BCUT2D eigenvalue weighted by atomic mass is 35.5. The van der Waals surface area contributed by atoms with Gasteiger partial charge >= 0.3 is 0 Å². The fourth-order valence-corrected chi connectivity index (χ4v) is 4.05. The number of hydrogen-bond acceptors (Lipinski definition) is 4. The summed E-state index contributed by atoms with van der Waals surface area (Å²) in [7, 11) is -3.51. The zero-order valence-electron chi connectivity index (χ0n) is 12.3. The molecule has 0 aliphatic carbocycles. The van der Waals surface area contributed by atoms with E-state index in [1.807, 2.05) is 0 Å². The van der Waals surface area contributed by atoms with Crippen LogP contribution in [0.3, 0.4) is 0 Å². The minimum absolute atomic E-state index is 0.000169. The Kier molecular flexibility index (Phi) is 5.98. The van der Waals surface area contributed by atoms with Crippen LogP contribution in [0.4, 0.5) is 0 Å². The summed E-state index contributed by atoms with van der Waals surface area (Å²) in [5, 5.41) is 0.187. The first-order chi connectivity index (χ1) is 10.0. The lowest BCUT2D eigenvalue weighted by molar-refractivity contribution is 0.205. The van der Waals surface area contributed by atoms with E-state index in [0.29, 0.717) is 0 Å². The molecule has 0 unspecified atom stereocenters. The van der Waals surface area contributed by atoms with Gasteiger partial charge in [0.2, 0.25) is 10.0 Å². The third kappa shape index (κ3) is 4.92. The zero-order valence-corrected chi connectivity index (χ0v) is 13.8. The van der Waals surface area contributed by atoms with E-state index in [2.05, 4.69) is 21.5 Å². The van der Waals surface area contributed by atoms with Gasteiger partial charge in [0.25, 0.3) is 0 Å². The molecule has 1 aromatic rings. The molecule has 0 saturated carbocycles. The average Bonchev–Trinajstić information content (AvgIpc) is 2.46. The molecule has 1 N–H and O–H groups in total. The highest BCUT2D eigenvalue weighted by Crippen LogP contribution is 2.17. The van der Waals surface area contributed by atoms with Crippen LogP contribution in [0.2, 0.25) is 5.15 Å². The second kappa shape index (κ2) is 7.54. The minimum atomic E-state index is -3.51. The number of sulfonamides is 1. The summed E-state index contributed by atoms with van der Waals surface area (Å²) >= 11 is 5.75. The van der Waals surface area contributed by atoms with Gasteiger partial charge in [-0.05, 0) is 51.0 Å². The Bertz CT molecular complexity index is 557. The molecule has 2 heterocycles. The molecule has 0 aromatic carbocycles. The van der Waals surface area contributed by atoms with Crippen molar-refractivity contribution < 1.29 is 8.42 Å². The Morgan fingerprint density at radius 2 is 2.14 bits per heavy atom. The molecule has 0 bridgehead atoms. The first kappa shape index (κ1) is 16.7. The molecule has 0 radical (unpaired) electrons. The maximum absolute atomic E-state index is 12.3. The average molecular weight is 332 g/mol. The van der Waals surface area contributed by atoms with Crippen LogP contribution in [0.5, 0.6) is 0 Å². The van der Waals surface area contributed by atoms with Gasteiger partial charge in [-0.3, -0.25) is 0 Å². The summed E-state index contributed by atoms with van der Waals surface area (Å²) in [6, 6.07) is 2.84. The number of unbranched alkanes of at least 4 members (excludes halogenated alkanes) is 1. The van der Waals surface area contributed by atoms with Crippen LogP contribution in [0.15, 0.2) is 23.2 Å². The Morgan fingerprint density at radius 3 is 2.76 bits per heavy atom. The minimum Gasteiger partial charge on any atom is -0.303 e. The summed E-state index contributed by atoms with van der Waals surface area (Å²) in [5.41, 5.74) is 0. The van der Waals surface area contributed by atoms with Gasteiger partial charge in [-0.15, -0.1) is 0 Å². The molecule has 1 aliphatic rings. The number of likely N-dealkylation sites (tertiary alicyclic amines) is 1. The van der Waals surface area contributed by atoms with Crippen LogP contribution in [0.25, 0.3) is 0 Å². The van der Waals surface area contributed by atoms with Crippen molar-refractivity contribution in [3.63, 3.8) is 0 Å². The maximum Gasteiger partial charge on any atom is 0.240 e. The first-order valence-electron chi connectivity index (χ1n) is 7.37. The van der Waals surface area contributed by atoms with Gasteiger partial charge in [0.1, 0.15) is 5.15 Å². The summed E-state index contributed by atoms with van der Waals surface area (Å²) in [6.07, 6.45) is 5.50. The molecule has 21 heavy (non-hydrogen) atoms. The lowest BCUT2D eigenvalue weighted by Crippen LogP contribution is -2.44. The van der Waals surface area contributed by atoms with E-state index in [1.165, 1.54) is 31.2 Å². The monoisotopic (exact) mass is 331 g/mol. The van der Waals surface area contributed by atoms with Crippen LogP contribution in [0.1, 0.15) is 32.6 Å². The van der Waals surface area contributed by atoms with Gasteiger partial charge < -0.3 is 4.90 Å². The predicted molar refractivity (Wildman–Crippen MR) is 83.9 cm³/mol. The number of aromatic nitrogens is 1. The van der Waals surface area contributed by atoms with E-state index in [4.69, 9.17) is 11.6 Å². The molecule has 1 fully saturated rings. The van der Waals surface area contributed by atoms with Crippen LogP contribution in [-0.4, -0.2) is 44.0 Å². The molecule has 0 atom stereocenters. The molecule has 7 heteroatoms. The summed E-state index contributed by atoms with van der Waals surface area (Å²) in [4.78, 5) is 6.38. The van der Waals surface area contributed by atoms with Crippen molar-refractivity contribution in [1.82, 2.24) is 14.6 Å². The van der Waals surface area contributed by atoms with Crippen LogP contribution in [-0.2, 0) is 10.0 Å². The van der Waals surface area contributed by atoms with E-state index >= 15 is 0 Å². The second-order valence-electron chi connectivity index (χ2n) is 5.41. The Balaban J connectivity index is 1.90. The topological polar surface area (TPSA) is 62.3 Å². The number of pyridine rings is 1. The molecular weight excluding hydrogens is 310 g/mol. The van der Waals surface area contributed by atoms with Gasteiger partial charge in [0.05, 0.1) is 4.90 Å². The maximum atomic E-state index is 12.3. The summed E-state index contributed by atoms with van der Waals surface area (Å²) < 4.78 is 27.4. The van der Waals surface area contributed by atoms with Gasteiger partial charge in [-0.2, -0.15) is 0 Å². The molecule has 2 rings (SSSR count). The Morgan fingerprint density at radius 1 is 1.43 bits per heavy atom. The van der Waals surface area contributed by atoms with Crippen molar-refractivity contribution >= 4 is 21.6 Å². The van der Waals surface area contributed by atoms with E-state index in [9.17, 15) is 8.42 Å². The smallest absolute Gasteiger partial charge is 0.240 e. The number of hydrogen-bond donors (Lipinski definition) is 1. The third-order valence-corrected chi connectivity index (χ3v) is 5.47. The van der Waals surface area contributed by atoms with Crippen molar-refractivity contribution in [3.8, 4) is 0 Å². The van der Waals surface area contributed by atoms with E-state index in [1.54, 1.807) is 0 Å². The molecule has 5 nitrogen and oxygen atoms in total. The van der Waals surface area contributed by atoms with Crippen molar-refractivity contribution in [2.45, 2.75) is 43.5 Å². The lowest BCUT2D eigenvalue weighted by Gasteiger charge is -2.32. The highest BCUT2D eigenvalue weighted by Gasteiger charge is 2.24. The van der Waals surface area contributed by atoms with Crippen LogP contribution in [0, 0.1) is 0 Å². The van der Waals surface area contributed by atoms with Gasteiger partial charge in [-0.25, -0.2) is 18.1 Å². The van der Waals surface area contributed by atoms with Gasteiger partial charge in [0.15, 0.2) is 0 Å². The molecule has 0 amide bonds. The Hall–Kier alpha value is -0.690. The number of rotatable bonds is 6. The molecule has 1 aromatic heterocycles. The molecular formula is C14H22ClN3O2S. The summed E-state index contributed by atoms with van der Waals surface area (Å²) in [5.74, 6) is 0. The second-order valence-corrected chi connectivity index (χ2v) is 7.51. The molecule has 1 saturated heterocycles. The van der Waals surface area contributed by atoms with Crippen molar-refractivity contribution in [1.29, 1.82) is 0 Å². The highest BCUT2D eigenvalue weighted by molar-refractivity contribution is 7.89. The van der Waals surface area contributed by atoms with Crippen LogP contribution >= 0.6 is 11.6 Å². The first-order valence-corrected chi connectivity index (χ1v) is 9.23. The van der Waals surface area contributed by atoms with E-state index < -0.39 is 10.0 Å².